The zero-order chi connectivity index (χ0) is 14.8. The zero-order valence-corrected chi connectivity index (χ0v) is 11.8. The van der Waals surface area contributed by atoms with Gasteiger partial charge in [0.1, 0.15) is 5.52 Å². The molecule has 2 heterocycles. The summed E-state index contributed by atoms with van der Waals surface area (Å²) in [5.41, 5.74) is -0.830. The molecular formula is C13H20N4O3. The monoisotopic (exact) mass is 280 g/mol. The largest absolute Gasteiger partial charge is 0.390 e. The first-order valence-electron chi connectivity index (χ1n) is 6.77. The van der Waals surface area contributed by atoms with Crippen molar-refractivity contribution in [1.82, 2.24) is 19.5 Å². The summed E-state index contributed by atoms with van der Waals surface area (Å²) in [5.74, 6) is 0. The van der Waals surface area contributed by atoms with Crippen molar-refractivity contribution < 1.29 is 5.11 Å². The number of unbranched alkanes of at least 4 members (excludes halogenated alkanes) is 2. The first-order chi connectivity index (χ1) is 9.38. The molecule has 0 saturated heterocycles. The van der Waals surface area contributed by atoms with Gasteiger partial charge in [0.2, 0.25) is 0 Å². The van der Waals surface area contributed by atoms with E-state index in [1.54, 1.807) is 13.8 Å². The fraction of sp³-hybridized carbons (Fsp3) is 0.615. The van der Waals surface area contributed by atoms with Gasteiger partial charge in [0.15, 0.2) is 5.65 Å². The lowest BCUT2D eigenvalue weighted by Crippen LogP contribution is -2.35. The van der Waals surface area contributed by atoms with Crippen molar-refractivity contribution in [3.8, 4) is 0 Å². The van der Waals surface area contributed by atoms with Crippen molar-refractivity contribution in [3.05, 3.63) is 27.2 Å². The Morgan fingerprint density at radius 2 is 2.05 bits per heavy atom. The summed E-state index contributed by atoms with van der Waals surface area (Å²) >= 11 is 0. The standard InChI is InChI=1S/C13H20N4O3/c1-13(2,20)6-4-3-5-7-17-11(18)9-10(15-8-14-9)16-12(17)19/h8,20H,3-7H2,1-2H3,(H,14,15)(H,16,19). The lowest BCUT2D eigenvalue weighted by atomic mass is 10.0. The van der Waals surface area contributed by atoms with Crippen LogP contribution in [0.2, 0.25) is 0 Å². The van der Waals surface area contributed by atoms with E-state index in [1.807, 2.05) is 0 Å². The molecule has 2 rings (SSSR count). The summed E-state index contributed by atoms with van der Waals surface area (Å²) in [5, 5.41) is 9.60. The SMILES string of the molecule is CC(C)(O)CCCCCn1c(=O)[nH]c2nc[nH]c2c1=O. The summed E-state index contributed by atoms with van der Waals surface area (Å²) in [4.78, 5) is 33.0. The quantitative estimate of drug-likeness (QED) is 0.679. The molecule has 0 aliphatic carbocycles. The third-order valence-electron chi connectivity index (χ3n) is 3.24. The van der Waals surface area contributed by atoms with Crippen LogP contribution in [0, 0.1) is 0 Å². The fourth-order valence-corrected chi connectivity index (χ4v) is 2.16. The van der Waals surface area contributed by atoms with Crippen LogP contribution in [0.25, 0.3) is 11.2 Å². The van der Waals surface area contributed by atoms with Gasteiger partial charge in [-0.25, -0.2) is 9.78 Å². The van der Waals surface area contributed by atoms with Crippen molar-refractivity contribution >= 4 is 11.2 Å². The van der Waals surface area contributed by atoms with Crippen molar-refractivity contribution in [2.45, 2.75) is 51.7 Å². The van der Waals surface area contributed by atoms with Gasteiger partial charge in [-0.15, -0.1) is 0 Å². The molecule has 0 unspecified atom stereocenters. The Balaban J connectivity index is 2.00. The molecule has 7 heteroatoms. The molecule has 0 aliphatic heterocycles. The highest BCUT2D eigenvalue weighted by Crippen LogP contribution is 2.13. The molecule has 0 amide bonds. The van der Waals surface area contributed by atoms with Crippen molar-refractivity contribution in [2.24, 2.45) is 0 Å². The van der Waals surface area contributed by atoms with Gasteiger partial charge in [-0.1, -0.05) is 12.8 Å². The summed E-state index contributed by atoms with van der Waals surface area (Å²) in [6.45, 7) is 3.91. The van der Waals surface area contributed by atoms with E-state index in [0.29, 0.717) is 24.1 Å². The molecule has 2 aromatic rings. The molecule has 20 heavy (non-hydrogen) atoms. The molecule has 7 nitrogen and oxygen atoms in total. The molecule has 110 valence electrons. The van der Waals surface area contributed by atoms with Crippen molar-refractivity contribution in [1.29, 1.82) is 0 Å². The minimum absolute atomic E-state index is 0.290. The van der Waals surface area contributed by atoms with E-state index in [9.17, 15) is 14.7 Å². The summed E-state index contributed by atoms with van der Waals surface area (Å²) in [7, 11) is 0. The fourth-order valence-electron chi connectivity index (χ4n) is 2.16. The van der Waals surface area contributed by atoms with Crippen molar-refractivity contribution in [3.63, 3.8) is 0 Å². The number of aromatic nitrogens is 4. The number of hydrogen-bond acceptors (Lipinski definition) is 4. The van der Waals surface area contributed by atoms with Crippen LogP contribution >= 0.6 is 0 Å². The second-order valence-electron chi connectivity index (χ2n) is 5.64. The van der Waals surface area contributed by atoms with Crippen LogP contribution < -0.4 is 11.2 Å². The number of imidazole rings is 1. The highest BCUT2D eigenvalue weighted by atomic mass is 16.3. The molecule has 0 spiro atoms. The third-order valence-corrected chi connectivity index (χ3v) is 3.24. The van der Waals surface area contributed by atoms with Crippen molar-refractivity contribution in [2.75, 3.05) is 0 Å². The molecule has 0 saturated carbocycles. The zero-order valence-electron chi connectivity index (χ0n) is 11.8. The van der Waals surface area contributed by atoms with Crippen LogP contribution in [0.5, 0.6) is 0 Å². The number of nitrogens with zero attached hydrogens (tertiary/aromatic N) is 2. The van der Waals surface area contributed by atoms with Gasteiger partial charge >= 0.3 is 5.69 Å². The van der Waals surface area contributed by atoms with E-state index in [0.717, 1.165) is 19.3 Å². The summed E-state index contributed by atoms with van der Waals surface area (Å²) in [6, 6.07) is 0. The average Bonchev–Trinajstić information content (AvgIpc) is 2.79. The van der Waals surface area contributed by atoms with Crippen LogP contribution in [0.4, 0.5) is 0 Å². The molecule has 3 N–H and O–H groups in total. The van der Waals surface area contributed by atoms with Gasteiger partial charge < -0.3 is 10.1 Å². The molecule has 0 aliphatic rings. The van der Waals surface area contributed by atoms with E-state index < -0.39 is 11.3 Å². The Labute approximate surface area is 115 Å². The van der Waals surface area contributed by atoms with E-state index in [1.165, 1.54) is 10.9 Å². The molecule has 0 aromatic carbocycles. The maximum absolute atomic E-state index is 12.1. The predicted octanol–water partition coefficient (Wildman–Crippen LogP) is 0.744. The van der Waals surface area contributed by atoms with Crippen LogP contribution in [0.15, 0.2) is 15.9 Å². The Kier molecular flexibility index (Phi) is 4.08. The predicted molar refractivity (Wildman–Crippen MR) is 75.7 cm³/mol. The number of nitrogens with one attached hydrogen (secondary N) is 2. The number of H-pyrrole nitrogens is 2. The summed E-state index contributed by atoms with van der Waals surface area (Å²) < 4.78 is 1.19. The highest BCUT2D eigenvalue weighted by molar-refractivity contribution is 5.67. The number of hydrogen-bond donors (Lipinski definition) is 3. The number of rotatable bonds is 6. The maximum atomic E-state index is 12.1. The average molecular weight is 280 g/mol. The van der Waals surface area contributed by atoms with Crippen LogP contribution in [0.1, 0.15) is 39.5 Å². The first-order valence-corrected chi connectivity index (χ1v) is 6.77. The van der Waals surface area contributed by atoms with Crippen LogP contribution in [0.3, 0.4) is 0 Å². The molecular weight excluding hydrogens is 260 g/mol. The minimum atomic E-state index is -0.664. The van der Waals surface area contributed by atoms with E-state index in [4.69, 9.17) is 0 Å². The molecule has 0 fully saturated rings. The van der Waals surface area contributed by atoms with E-state index >= 15 is 0 Å². The first kappa shape index (κ1) is 14.5. The second kappa shape index (κ2) is 5.62. The minimum Gasteiger partial charge on any atom is -0.390 e. The van der Waals surface area contributed by atoms with Gasteiger partial charge in [0.05, 0.1) is 11.9 Å². The van der Waals surface area contributed by atoms with E-state index in [2.05, 4.69) is 15.0 Å². The maximum Gasteiger partial charge on any atom is 0.330 e. The van der Waals surface area contributed by atoms with Gasteiger partial charge in [0.25, 0.3) is 5.56 Å². The normalized spacial score (nSPS) is 12.2. The third kappa shape index (κ3) is 3.36. The lowest BCUT2D eigenvalue weighted by Gasteiger charge is -2.16. The molecule has 0 radical (unpaired) electrons. The van der Waals surface area contributed by atoms with Crippen LogP contribution in [-0.2, 0) is 6.54 Å². The smallest absolute Gasteiger partial charge is 0.330 e. The van der Waals surface area contributed by atoms with Crippen LogP contribution in [-0.4, -0.2) is 30.2 Å². The topological polar surface area (TPSA) is 104 Å². The molecule has 0 atom stereocenters. The second-order valence-corrected chi connectivity index (χ2v) is 5.64. The van der Waals surface area contributed by atoms with Gasteiger partial charge in [0, 0.05) is 6.54 Å². The lowest BCUT2D eigenvalue weighted by molar-refractivity contribution is 0.0679. The molecule has 2 aromatic heterocycles. The van der Waals surface area contributed by atoms with Gasteiger partial charge in [-0.3, -0.25) is 14.3 Å². The Hall–Kier alpha value is -1.89. The Morgan fingerprint density at radius 1 is 1.30 bits per heavy atom. The number of aromatic amines is 2. The van der Waals surface area contributed by atoms with E-state index in [-0.39, 0.29) is 5.56 Å². The molecule has 0 bridgehead atoms. The summed E-state index contributed by atoms with van der Waals surface area (Å²) in [6.07, 6.45) is 4.53. The number of aliphatic hydroxyl groups is 1. The van der Waals surface area contributed by atoms with Gasteiger partial charge in [-0.2, -0.15) is 0 Å². The van der Waals surface area contributed by atoms with Gasteiger partial charge in [-0.05, 0) is 26.7 Å². The highest BCUT2D eigenvalue weighted by Gasteiger charge is 2.12. The number of fused-ring (bicyclic) bond motifs is 1. The Morgan fingerprint density at radius 3 is 2.75 bits per heavy atom. The Bertz CT molecular complexity index is 690.